The van der Waals surface area contributed by atoms with Crippen molar-refractivity contribution in [1.29, 1.82) is 0 Å². The molecule has 4 nitrogen and oxygen atoms in total. The van der Waals surface area contributed by atoms with Crippen LogP contribution < -0.4 is 11.1 Å². The predicted molar refractivity (Wildman–Crippen MR) is 62.8 cm³/mol. The zero-order valence-electron chi connectivity index (χ0n) is 9.33. The number of anilines is 2. The molecule has 1 heterocycles. The van der Waals surface area contributed by atoms with Crippen molar-refractivity contribution in [3.05, 3.63) is 17.8 Å². The first-order valence-electron chi connectivity index (χ1n) is 5.28. The molecule has 0 saturated heterocycles. The van der Waals surface area contributed by atoms with Gasteiger partial charge in [0.1, 0.15) is 5.82 Å². The van der Waals surface area contributed by atoms with E-state index in [0.29, 0.717) is 24.5 Å². The van der Waals surface area contributed by atoms with Gasteiger partial charge < -0.3 is 16.2 Å². The highest BCUT2D eigenvalue weighted by Gasteiger charge is 2.03. The lowest BCUT2D eigenvalue weighted by molar-refractivity contribution is 0.164. The van der Waals surface area contributed by atoms with Crippen molar-refractivity contribution in [3.8, 4) is 0 Å². The highest BCUT2D eigenvalue weighted by molar-refractivity contribution is 5.61. The largest absolute Gasteiger partial charge is 0.396 e. The third kappa shape index (κ3) is 3.75. The Morgan fingerprint density at radius 2 is 2.27 bits per heavy atom. The Balaban J connectivity index is 2.46. The van der Waals surface area contributed by atoms with E-state index in [9.17, 15) is 5.11 Å². The third-order valence-corrected chi connectivity index (χ3v) is 2.31. The first kappa shape index (κ1) is 11.8. The molecule has 0 bridgehead atoms. The molecule has 4 heteroatoms. The summed E-state index contributed by atoms with van der Waals surface area (Å²) in [5, 5.41) is 12.5. The van der Waals surface area contributed by atoms with Gasteiger partial charge in [0.15, 0.2) is 0 Å². The van der Waals surface area contributed by atoms with Gasteiger partial charge in [-0.25, -0.2) is 4.98 Å². The second-order valence-corrected chi connectivity index (χ2v) is 3.67. The van der Waals surface area contributed by atoms with E-state index < -0.39 is 0 Å². The molecule has 1 aromatic rings. The average molecular weight is 209 g/mol. The Kier molecular flexibility index (Phi) is 4.37. The predicted octanol–water partition coefficient (Wildman–Crippen LogP) is 1.55. The summed E-state index contributed by atoms with van der Waals surface area (Å²) in [6.45, 7) is 4.57. The number of pyridine rings is 1. The molecule has 1 aromatic heterocycles. The molecule has 15 heavy (non-hydrogen) atoms. The van der Waals surface area contributed by atoms with Gasteiger partial charge in [-0.1, -0.05) is 6.92 Å². The minimum absolute atomic E-state index is 0.247. The summed E-state index contributed by atoms with van der Waals surface area (Å²) in [4.78, 5) is 4.28. The summed E-state index contributed by atoms with van der Waals surface area (Å²) in [5.74, 6) is 0.707. The standard InChI is InChI=1S/C11H19N3O/c1-3-9(15)6-7-13-11-10(12)5-4-8(2)14-11/h4-5,9,15H,3,6-7,12H2,1-2H3,(H,13,14). The molecule has 0 radical (unpaired) electrons. The first-order chi connectivity index (χ1) is 7.13. The molecule has 0 amide bonds. The maximum Gasteiger partial charge on any atom is 0.149 e. The lowest BCUT2D eigenvalue weighted by atomic mass is 10.2. The van der Waals surface area contributed by atoms with Gasteiger partial charge in [0.25, 0.3) is 0 Å². The Hall–Kier alpha value is -1.29. The van der Waals surface area contributed by atoms with Gasteiger partial charge in [-0.3, -0.25) is 0 Å². The molecular formula is C11H19N3O. The molecule has 0 aliphatic heterocycles. The molecule has 0 aliphatic carbocycles. The highest BCUT2D eigenvalue weighted by atomic mass is 16.3. The smallest absolute Gasteiger partial charge is 0.149 e. The molecule has 1 rings (SSSR count). The maximum absolute atomic E-state index is 9.37. The molecule has 84 valence electrons. The Labute approximate surface area is 90.5 Å². The molecule has 1 unspecified atom stereocenters. The number of aromatic nitrogens is 1. The number of rotatable bonds is 5. The van der Waals surface area contributed by atoms with Crippen molar-refractivity contribution in [3.63, 3.8) is 0 Å². The van der Waals surface area contributed by atoms with Crippen LogP contribution in [0, 0.1) is 6.92 Å². The number of aryl methyl sites for hydroxylation is 1. The van der Waals surface area contributed by atoms with Crippen LogP contribution in [0.25, 0.3) is 0 Å². The van der Waals surface area contributed by atoms with E-state index in [2.05, 4.69) is 10.3 Å². The van der Waals surface area contributed by atoms with Crippen LogP contribution in [0.1, 0.15) is 25.5 Å². The zero-order valence-corrected chi connectivity index (χ0v) is 9.33. The number of nitrogens with one attached hydrogen (secondary N) is 1. The van der Waals surface area contributed by atoms with E-state index in [1.54, 1.807) is 0 Å². The average Bonchev–Trinajstić information content (AvgIpc) is 2.23. The van der Waals surface area contributed by atoms with Gasteiger partial charge in [0, 0.05) is 12.2 Å². The van der Waals surface area contributed by atoms with Gasteiger partial charge >= 0.3 is 0 Å². The van der Waals surface area contributed by atoms with Crippen LogP contribution in [-0.4, -0.2) is 22.7 Å². The van der Waals surface area contributed by atoms with Crippen LogP contribution in [0.4, 0.5) is 11.5 Å². The van der Waals surface area contributed by atoms with E-state index in [4.69, 9.17) is 5.73 Å². The normalized spacial score (nSPS) is 12.5. The highest BCUT2D eigenvalue weighted by Crippen LogP contribution is 2.15. The molecule has 0 aliphatic rings. The van der Waals surface area contributed by atoms with Gasteiger partial charge in [-0.15, -0.1) is 0 Å². The summed E-state index contributed by atoms with van der Waals surface area (Å²) in [6, 6.07) is 3.71. The minimum Gasteiger partial charge on any atom is -0.396 e. The summed E-state index contributed by atoms with van der Waals surface area (Å²) in [6.07, 6.45) is 1.24. The zero-order chi connectivity index (χ0) is 11.3. The number of nitrogens with zero attached hydrogens (tertiary/aromatic N) is 1. The van der Waals surface area contributed by atoms with E-state index in [0.717, 1.165) is 12.1 Å². The second-order valence-electron chi connectivity index (χ2n) is 3.67. The van der Waals surface area contributed by atoms with E-state index in [1.807, 2.05) is 26.0 Å². The van der Waals surface area contributed by atoms with Crippen molar-refractivity contribution in [2.75, 3.05) is 17.6 Å². The summed E-state index contributed by atoms with van der Waals surface area (Å²) < 4.78 is 0. The van der Waals surface area contributed by atoms with E-state index >= 15 is 0 Å². The Morgan fingerprint density at radius 3 is 2.93 bits per heavy atom. The van der Waals surface area contributed by atoms with Crippen LogP contribution in [0.2, 0.25) is 0 Å². The molecule has 0 saturated carbocycles. The first-order valence-corrected chi connectivity index (χ1v) is 5.28. The molecule has 4 N–H and O–H groups in total. The van der Waals surface area contributed by atoms with Crippen molar-refractivity contribution >= 4 is 11.5 Å². The fourth-order valence-electron chi connectivity index (χ4n) is 1.27. The number of nitrogens with two attached hydrogens (primary N) is 1. The van der Waals surface area contributed by atoms with Crippen LogP contribution in [0.3, 0.4) is 0 Å². The fourth-order valence-corrected chi connectivity index (χ4v) is 1.27. The molecule has 0 aromatic carbocycles. The summed E-state index contributed by atoms with van der Waals surface area (Å²) in [7, 11) is 0. The minimum atomic E-state index is -0.247. The van der Waals surface area contributed by atoms with Crippen molar-refractivity contribution in [2.45, 2.75) is 32.8 Å². The van der Waals surface area contributed by atoms with Crippen molar-refractivity contribution < 1.29 is 5.11 Å². The Bertz CT molecular complexity index is 315. The monoisotopic (exact) mass is 209 g/mol. The lowest BCUT2D eigenvalue weighted by Gasteiger charge is -2.11. The van der Waals surface area contributed by atoms with E-state index in [1.165, 1.54) is 0 Å². The van der Waals surface area contributed by atoms with Gasteiger partial charge in [0.05, 0.1) is 11.8 Å². The van der Waals surface area contributed by atoms with E-state index in [-0.39, 0.29) is 6.10 Å². The molecular weight excluding hydrogens is 190 g/mol. The lowest BCUT2D eigenvalue weighted by Crippen LogP contribution is -2.13. The number of nitrogen functional groups attached to an aromatic ring is 1. The van der Waals surface area contributed by atoms with Crippen molar-refractivity contribution in [1.82, 2.24) is 4.98 Å². The van der Waals surface area contributed by atoms with Gasteiger partial charge in [-0.2, -0.15) is 0 Å². The maximum atomic E-state index is 9.37. The number of hydrogen-bond donors (Lipinski definition) is 3. The SMILES string of the molecule is CCC(O)CCNc1nc(C)ccc1N. The van der Waals surface area contributed by atoms with Gasteiger partial charge in [-0.05, 0) is 31.9 Å². The van der Waals surface area contributed by atoms with Crippen LogP contribution in [0.5, 0.6) is 0 Å². The Morgan fingerprint density at radius 1 is 1.53 bits per heavy atom. The van der Waals surface area contributed by atoms with Crippen LogP contribution >= 0.6 is 0 Å². The number of aliphatic hydroxyl groups excluding tert-OH is 1. The number of aliphatic hydroxyl groups is 1. The van der Waals surface area contributed by atoms with Crippen LogP contribution in [-0.2, 0) is 0 Å². The second kappa shape index (κ2) is 5.56. The third-order valence-electron chi connectivity index (χ3n) is 2.31. The molecule has 1 atom stereocenters. The van der Waals surface area contributed by atoms with Gasteiger partial charge in [0.2, 0.25) is 0 Å². The van der Waals surface area contributed by atoms with Crippen molar-refractivity contribution in [2.24, 2.45) is 0 Å². The molecule has 0 spiro atoms. The number of hydrogen-bond acceptors (Lipinski definition) is 4. The quantitative estimate of drug-likeness (QED) is 0.688. The summed E-state index contributed by atoms with van der Waals surface area (Å²) in [5.41, 5.74) is 7.33. The topological polar surface area (TPSA) is 71.2 Å². The van der Waals surface area contributed by atoms with Crippen LogP contribution in [0.15, 0.2) is 12.1 Å². The summed E-state index contributed by atoms with van der Waals surface area (Å²) >= 11 is 0. The molecule has 0 fully saturated rings. The fraction of sp³-hybridized carbons (Fsp3) is 0.545.